The van der Waals surface area contributed by atoms with Crippen LogP contribution < -0.4 is 15.4 Å². The van der Waals surface area contributed by atoms with Gasteiger partial charge in [0, 0.05) is 48.0 Å². The lowest BCUT2D eigenvalue weighted by atomic mass is 9.75. The van der Waals surface area contributed by atoms with Crippen LogP contribution in [0.15, 0.2) is 60.8 Å². The molecule has 3 aliphatic rings. The van der Waals surface area contributed by atoms with Crippen molar-refractivity contribution in [2.24, 2.45) is 0 Å². The normalized spacial score (nSPS) is 18.4. The Kier molecular flexibility index (Phi) is 11.4. The van der Waals surface area contributed by atoms with Crippen LogP contribution in [-0.4, -0.2) is 93.1 Å². The number of hydrogen-bond acceptors (Lipinski definition) is 9. The molecule has 15 heteroatoms. The molecule has 2 aromatic heterocycles. The molecule has 4 N–H and O–H groups in total. The molecule has 62 heavy (non-hydrogen) atoms. The predicted octanol–water partition coefficient (Wildman–Crippen LogP) is 6.87. The number of H-pyrrole nitrogens is 2. The number of amides is 4. The topological polar surface area (TPSA) is 184 Å². The Balaban J connectivity index is 0.997. The Morgan fingerprint density at radius 3 is 2.02 bits per heavy atom. The van der Waals surface area contributed by atoms with Gasteiger partial charge in [0.25, 0.3) is 0 Å². The highest BCUT2D eigenvalue weighted by atomic mass is 16.5. The summed E-state index contributed by atoms with van der Waals surface area (Å²) in [6.45, 7) is 5.40. The molecule has 3 aromatic carbocycles. The number of fused-ring (bicyclic) bond motifs is 3. The highest BCUT2D eigenvalue weighted by Crippen LogP contribution is 2.50. The van der Waals surface area contributed by atoms with Gasteiger partial charge >= 0.3 is 12.2 Å². The molecule has 2 fully saturated rings. The second-order valence-corrected chi connectivity index (χ2v) is 16.3. The van der Waals surface area contributed by atoms with E-state index >= 15 is 0 Å². The van der Waals surface area contributed by atoms with Crippen molar-refractivity contribution in [2.45, 2.75) is 82.0 Å². The van der Waals surface area contributed by atoms with Gasteiger partial charge in [-0.2, -0.15) is 0 Å². The molecule has 0 spiro atoms. The molecular formula is C47H48N8O7. The zero-order valence-corrected chi connectivity index (χ0v) is 35.0. The highest BCUT2D eigenvalue weighted by Gasteiger charge is 2.39. The summed E-state index contributed by atoms with van der Waals surface area (Å²) in [5, 5.41) is 5.14. The first-order chi connectivity index (χ1) is 29.9. The van der Waals surface area contributed by atoms with Crippen LogP contribution >= 0.6 is 0 Å². The fourth-order valence-electron chi connectivity index (χ4n) is 8.93. The largest absolute Gasteiger partial charge is 0.457 e. The van der Waals surface area contributed by atoms with Crippen molar-refractivity contribution in [3.8, 4) is 58.6 Å². The fourth-order valence-corrected chi connectivity index (χ4v) is 8.93. The Hall–Kier alpha value is -7.26. The number of nitrogens with one attached hydrogen (secondary N) is 4. The third-order valence-electron chi connectivity index (χ3n) is 12.2. The Bertz CT molecular complexity index is 2650. The first-order valence-corrected chi connectivity index (χ1v) is 20.6. The van der Waals surface area contributed by atoms with E-state index in [1.807, 2.05) is 24.3 Å². The summed E-state index contributed by atoms with van der Waals surface area (Å²) in [4.78, 5) is 71.0. The minimum atomic E-state index is -0.898. The van der Waals surface area contributed by atoms with Gasteiger partial charge in [-0.05, 0) is 73.2 Å². The molecule has 2 saturated heterocycles. The minimum Gasteiger partial charge on any atom is -0.457 e. The lowest BCUT2D eigenvalue weighted by Gasteiger charge is -2.35. The second kappa shape index (κ2) is 17.0. The van der Waals surface area contributed by atoms with Crippen molar-refractivity contribution >= 4 is 35.0 Å². The molecule has 0 aliphatic carbocycles. The molecule has 4 atom stereocenters. The molecule has 3 aliphatic heterocycles. The summed E-state index contributed by atoms with van der Waals surface area (Å²) >= 11 is 0. The summed E-state index contributed by atoms with van der Waals surface area (Å²) in [6, 6.07) is 16.0. The van der Waals surface area contributed by atoms with Crippen molar-refractivity contribution in [1.82, 2.24) is 40.4 Å². The number of imidazole rings is 2. The zero-order chi connectivity index (χ0) is 43.7. The van der Waals surface area contributed by atoms with E-state index in [2.05, 4.69) is 76.6 Å². The summed E-state index contributed by atoms with van der Waals surface area (Å²) in [5.74, 6) is 7.27. The van der Waals surface area contributed by atoms with Gasteiger partial charge in [0.2, 0.25) is 11.8 Å². The number of carbonyl (C=O) groups is 4. The van der Waals surface area contributed by atoms with Crippen LogP contribution in [0.5, 0.6) is 11.5 Å². The average molecular weight is 837 g/mol. The molecule has 8 rings (SSSR count). The summed E-state index contributed by atoms with van der Waals surface area (Å²) in [6.07, 6.45) is 14.5. The monoisotopic (exact) mass is 836 g/mol. The average Bonchev–Trinajstić information content (AvgIpc) is 4.12. The highest BCUT2D eigenvalue weighted by molar-refractivity contribution is 5.88. The number of aromatic nitrogens is 4. The van der Waals surface area contributed by atoms with E-state index in [1.165, 1.54) is 14.2 Å². The van der Waals surface area contributed by atoms with Crippen LogP contribution in [0.3, 0.4) is 0 Å². The van der Waals surface area contributed by atoms with Crippen LogP contribution in [-0.2, 0) is 24.5 Å². The number of aromatic amines is 2. The maximum Gasteiger partial charge on any atom is 0.407 e. The maximum absolute atomic E-state index is 13.6. The van der Waals surface area contributed by atoms with E-state index in [0.717, 1.165) is 81.7 Å². The molecule has 5 aromatic rings. The van der Waals surface area contributed by atoms with Gasteiger partial charge in [-0.15, -0.1) is 24.7 Å². The van der Waals surface area contributed by atoms with E-state index in [-0.39, 0.29) is 36.7 Å². The molecule has 0 radical (unpaired) electrons. The van der Waals surface area contributed by atoms with E-state index in [1.54, 1.807) is 16.0 Å². The molecule has 318 valence electrons. The SMILES string of the molecule is C#CC[C@H](NC(=O)OC)C(=O)N1CCC[C@H]1c1ncc(-c2ccc3c(c2)C(C)(C)c2ccc(-c4ccc5nc([C@@H]6CCCN6C(=O)[C@H](CC#C)NC(=O)OC)[nH]c5c4)cc2O3)[nH]1. The summed E-state index contributed by atoms with van der Waals surface area (Å²) < 4.78 is 16.0. The Morgan fingerprint density at radius 1 is 0.790 bits per heavy atom. The van der Waals surface area contributed by atoms with Crippen LogP contribution in [0.4, 0.5) is 9.59 Å². The number of alkyl carbamates (subject to hydrolysis) is 2. The van der Waals surface area contributed by atoms with E-state index in [4.69, 9.17) is 37.0 Å². The maximum atomic E-state index is 13.6. The number of methoxy groups -OCH3 is 2. The van der Waals surface area contributed by atoms with Crippen LogP contribution in [0.25, 0.3) is 33.4 Å². The van der Waals surface area contributed by atoms with Gasteiger partial charge in [0.1, 0.15) is 35.2 Å². The number of likely N-dealkylation sites (tertiary alicyclic amines) is 2. The lowest BCUT2D eigenvalue weighted by Crippen LogP contribution is -2.48. The quantitative estimate of drug-likeness (QED) is 0.109. The van der Waals surface area contributed by atoms with E-state index < -0.39 is 29.7 Å². The number of carbonyl (C=O) groups excluding carboxylic acids is 4. The number of nitrogens with zero attached hydrogens (tertiary/aromatic N) is 4. The minimum absolute atomic E-state index is 0.0433. The van der Waals surface area contributed by atoms with Gasteiger partial charge in [-0.1, -0.05) is 32.0 Å². The van der Waals surface area contributed by atoms with Crippen molar-refractivity contribution in [2.75, 3.05) is 27.3 Å². The molecular weight excluding hydrogens is 789 g/mol. The first-order valence-electron chi connectivity index (χ1n) is 20.6. The van der Waals surface area contributed by atoms with Crippen molar-refractivity contribution < 1.29 is 33.4 Å². The predicted molar refractivity (Wildman–Crippen MR) is 231 cm³/mol. The fraction of sp³-hybridized carbons (Fsp3) is 0.362. The number of rotatable bonds is 10. The van der Waals surface area contributed by atoms with E-state index in [9.17, 15) is 19.2 Å². The van der Waals surface area contributed by atoms with Crippen LogP contribution in [0.1, 0.15) is 87.2 Å². The smallest absolute Gasteiger partial charge is 0.407 e. The van der Waals surface area contributed by atoms with Gasteiger partial charge in [0.05, 0.1) is 49.2 Å². The summed E-state index contributed by atoms with van der Waals surface area (Å²) in [5.41, 5.74) is 6.93. The van der Waals surface area contributed by atoms with Gasteiger partial charge < -0.3 is 44.6 Å². The first kappa shape index (κ1) is 41.5. The molecule has 0 unspecified atom stereocenters. The lowest BCUT2D eigenvalue weighted by molar-refractivity contribution is -0.135. The van der Waals surface area contributed by atoms with Crippen molar-refractivity contribution in [1.29, 1.82) is 0 Å². The standard InChI is InChI=1S/C47H48N8O7/c1-7-11-33(52-45(58)60-5)43(56)54-21-9-13-37(54)41-48-26-36(51-41)29-17-20-39-31(23-29)47(3,4)30-18-15-28(25-40(30)62-39)27-16-19-32-35(24-27)50-42(49-32)38-14-10-22-55(38)44(57)34(12-8-2)53-46(59)61-6/h1-2,15-20,23-26,33-34,37-38H,9-14,21-22H2,3-6H3,(H,48,51)(H,49,50)(H,52,58)(H,53,59)/t33-,34-,37-,38-/m0/s1. The Morgan fingerprint density at radius 2 is 1.39 bits per heavy atom. The molecule has 15 nitrogen and oxygen atoms in total. The van der Waals surface area contributed by atoms with Crippen LogP contribution in [0.2, 0.25) is 0 Å². The van der Waals surface area contributed by atoms with Gasteiger partial charge in [0.15, 0.2) is 0 Å². The van der Waals surface area contributed by atoms with Gasteiger partial charge in [-0.25, -0.2) is 19.6 Å². The van der Waals surface area contributed by atoms with Crippen molar-refractivity contribution in [3.63, 3.8) is 0 Å². The Labute approximate surface area is 359 Å². The van der Waals surface area contributed by atoms with Crippen molar-refractivity contribution in [3.05, 3.63) is 83.6 Å². The van der Waals surface area contributed by atoms with E-state index in [0.29, 0.717) is 24.7 Å². The third kappa shape index (κ3) is 7.78. The zero-order valence-electron chi connectivity index (χ0n) is 35.0. The number of hydrogen-bond donors (Lipinski definition) is 4. The van der Waals surface area contributed by atoms with Gasteiger partial charge in [-0.3, -0.25) is 9.59 Å². The van der Waals surface area contributed by atoms with Crippen LogP contribution in [0, 0.1) is 24.7 Å². The third-order valence-corrected chi connectivity index (χ3v) is 12.2. The number of ether oxygens (including phenoxy) is 3. The molecule has 0 saturated carbocycles. The molecule has 5 heterocycles. The number of terminal acetylenes is 2. The summed E-state index contributed by atoms with van der Waals surface area (Å²) in [7, 11) is 2.49. The molecule has 0 bridgehead atoms. The second-order valence-electron chi connectivity index (χ2n) is 16.3. The molecule has 4 amide bonds. The number of benzene rings is 3.